The van der Waals surface area contributed by atoms with Gasteiger partial charge in [0.25, 0.3) is 0 Å². The van der Waals surface area contributed by atoms with E-state index in [9.17, 15) is 24.5 Å². The molecule has 0 heterocycles. The molecule has 0 saturated heterocycles. The first-order valence-electron chi connectivity index (χ1n) is 5.61. The average molecular weight is 292 g/mol. The van der Waals surface area contributed by atoms with Crippen LogP contribution < -0.4 is 5.32 Å². The lowest BCUT2D eigenvalue weighted by Crippen LogP contribution is -2.27. The molecule has 1 aromatic rings. The lowest BCUT2D eigenvalue weighted by atomic mass is 10.0. The molecule has 0 radical (unpaired) electrons. The number of nitrogens with one attached hydrogen (secondary N) is 1. The summed E-state index contributed by atoms with van der Waals surface area (Å²) in [4.78, 5) is 10.6. The summed E-state index contributed by atoms with van der Waals surface area (Å²) in [5.74, 6) is -1.47. The van der Waals surface area contributed by atoms with Crippen molar-refractivity contribution in [3.63, 3.8) is 0 Å². The number of hydrogen-bond acceptors (Lipinski definition) is 4. The second-order valence-electron chi connectivity index (χ2n) is 4.11. The molecular formula is C12H15ClFNO4. The Hall–Kier alpha value is -1.37. The van der Waals surface area contributed by atoms with E-state index in [1.54, 1.807) is 0 Å². The third-order valence-electron chi connectivity index (χ3n) is 2.55. The number of carbonyl (C=O) groups excluding carboxylic acids is 1. The number of phenolic OH excluding ortho intramolecular Hbond substituents is 1. The van der Waals surface area contributed by atoms with Gasteiger partial charge in [0, 0.05) is 19.0 Å². The van der Waals surface area contributed by atoms with Gasteiger partial charge < -0.3 is 20.6 Å². The normalized spacial score (nSPS) is 13.9. The number of benzene rings is 1. The summed E-state index contributed by atoms with van der Waals surface area (Å²) in [7, 11) is 0. The number of aliphatic hydroxyl groups excluding tert-OH is 2. The highest BCUT2D eigenvalue weighted by Crippen LogP contribution is 2.34. The summed E-state index contributed by atoms with van der Waals surface area (Å²) in [6.07, 6.45) is -2.72. The maximum absolute atomic E-state index is 13.1. The molecule has 7 heteroatoms. The number of phenols is 1. The molecule has 2 atom stereocenters. The van der Waals surface area contributed by atoms with E-state index < -0.39 is 23.8 Å². The van der Waals surface area contributed by atoms with Crippen molar-refractivity contribution >= 4 is 17.5 Å². The van der Waals surface area contributed by atoms with E-state index in [2.05, 4.69) is 5.32 Å². The van der Waals surface area contributed by atoms with Crippen molar-refractivity contribution in [2.45, 2.75) is 25.6 Å². The monoisotopic (exact) mass is 291 g/mol. The van der Waals surface area contributed by atoms with Crippen molar-refractivity contribution in [2.24, 2.45) is 0 Å². The number of aliphatic hydroxyl groups is 2. The molecule has 0 bridgehead atoms. The lowest BCUT2D eigenvalue weighted by Gasteiger charge is -2.19. The molecule has 2 unspecified atom stereocenters. The molecule has 1 rings (SSSR count). The number of aromatic hydroxyl groups is 1. The van der Waals surface area contributed by atoms with E-state index in [-0.39, 0.29) is 29.5 Å². The number of rotatable bonds is 5. The van der Waals surface area contributed by atoms with Crippen molar-refractivity contribution in [1.29, 1.82) is 0 Å². The van der Waals surface area contributed by atoms with Crippen molar-refractivity contribution < 1.29 is 24.5 Å². The van der Waals surface area contributed by atoms with Crippen molar-refractivity contribution in [2.75, 3.05) is 6.54 Å². The van der Waals surface area contributed by atoms with Gasteiger partial charge in [0.2, 0.25) is 5.91 Å². The van der Waals surface area contributed by atoms with Gasteiger partial charge in [-0.1, -0.05) is 11.6 Å². The zero-order valence-electron chi connectivity index (χ0n) is 10.2. The van der Waals surface area contributed by atoms with Crippen LogP contribution in [0.25, 0.3) is 0 Å². The third-order valence-corrected chi connectivity index (χ3v) is 2.84. The second kappa shape index (κ2) is 6.70. The summed E-state index contributed by atoms with van der Waals surface area (Å²) in [6, 6.07) is 1.80. The maximum Gasteiger partial charge on any atom is 0.216 e. The highest BCUT2D eigenvalue weighted by Gasteiger charge is 2.23. The summed E-state index contributed by atoms with van der Waals surface area (Å²) >= 11 is 5.57. The van der Waals surface area contributed by atoms with E-state index >= 15 is 0 Å². The summed E-state index contributed by atoms with van der Waals surface area (Å²) < 4.78 is 13.1. The van der Waals surface area contributed by atoms with Gasteiger partial charge in [0.15, 0.2) is 0 Å². The lowest BCUT2D eigenvalue weighted by molar-refractivity contribution is -0.119. The largest absolute Gasteiger partial charge is 0.506 e. The highest BCUT2D eigenvalue weighted by molar-refractivity contribution is 6.32. The van der Waals surface area contributed by atoms with Gasteiger partial charge >= 0.3 is 0 Å². The van der Waals surface area contributed by atoms with Crippen LogP contribution in [-0.2, 0) is 4.79 Å². The number of carbonyl (C=O) groups is 1. The quantitative estimate of drug-likeness (QED) is 0.654. The zero-order chi connectivity index (χ0) is 14.6. The molecule has 0 aliphatic carbocycles. The standard InChI is InChI=1S/C12H15ClFNO4/c1-6(16)15-3-2-10(17)12(19)8-4-7(14)5-9(13)11(8)18/h4-5,10,12,17-19H,2-3H2,1H3,(H,15,16). The molecule has 0 aliphatic rings. The third kappa shape index (κ3) is 4.34. The maximum atomic E-state index is 13.1. The van der Waals surface area contributed by atoms with E-state index in [4.69, 9.17) is 11.6 Å². The van der Waals surface area contributed by atoms with Crippen LogP contribution in [0.3, 0.4) is 0 Å². The van der Waals surface area contributed by atoms with Crippen LogP contribution in [-0.4, -0.2) is 33.9 Å². The Bertz CT molecular complexity index is 469. The first-order chi connectivity index (χ1) is 8.82. The smallest absolute Gasteiger partial charge is 0.216 e. The molecule has 1 amide bonds. The van der Waals surface area contributed by atoms with Crippen LogP contribution in [0.15, 0.2) is 12.1 Å². The molecular weight excluding hydrogens is 277 g/mol. The molecule has 106 valence electrons. The number of hydrogen-bond donors (Lipinski definition) is 4. The molecule has 5 nitrogen and oxygen atoms in total. The zero-order valence-corrected chi connectivity index (χ0v) is 11.0. The van der Waals surface area contributed by atoms with Gasteiger partial charge in [-0.15, -0.1) is 0 Å². The van der Waals surface area contributed by atoms with Crippen LogP contribution in [0, 0.1) is 5.82 Å². The van der Waals surface area contributed by atoms with Crippen molar-refractivity contribution in [1.82, 2.24) is 5.32 Å². The van der Waals surface area contributed by atoms with Crippen LogP contribution in [0.1, 0.15) is 25.0 Å². The predicted molar refractivity (Wildman–Crippen MR) is 67.3 cm³/mol. The Morgan fingerprint density at radius 3 is 2.68 bits per heavy atom. The SMILES string of the molecule is CC(=O)NCCC(O)C(O)c1cc(F)cc(Cl)c1O. The fourth-order valence-electron chi connectivity index (χ4n) is 1.57. The second-order valence-corrected chi connectivity index (χ2v) is 4.52. The summed E-state index contributed by atoms with van der Waals surface area (Å²) in [5.41, 5.74) is -0.194. The summed E-state index contributed by atoms with van der Waals surface area (Å²) in [5, 5.41) is 31.4. The Kier molecular flexibility index (Phi) is 5.53. The Labute approximate surface area is 114 Å². The molecule has 0 saturated carbocycles. The average Bonchev–Trinajstić information content (AvgIpc) is 2.32. The number of amides is 1. The highest BCUT2D eigenvalue weighted by atomic mass is 35.5. The van der Waals surface area contributed by atoms with Crippen LogP contribution >= 0.6 is 11.6 Å². The van der Waals surface area contributed by atoms with Crippen LogP contribution in [0.2, 0.25) is 5.02 Å². The molecule has 0 aliphatic heterocycles. The fraction of sp³-hybridized carbons (Fsp3) is 0.417. The Balaban J connectivity index is 2.76. The molecule has 0 spiro atoms. The fourth-order valence-corrected chi connectivity index (χ4v) is 1.79. The van der Waals surface area contributed by atoms with Gasteiger partial charge in [0.1, 0.15) is 17.7 Å². The van der Waals surface area contributed by atoms with E-state index in [1.165, 1.54) is 6.92 Å². The molecule has 0 aromatic heterocycles. The first-order valence-corrected chi connectivity index (χ1v) is 5.99. The van der Waals surface area contributed by atoms with Gasteiger partial charge in [-0.3, -0.25) is 4.79 Å². The Morgan fingerprint density at radius 1 is 1.47 bits per heavy atom. The van der Waals surface area contributed by atoms with Gasteiger partial charge in [-0.25, -0.2) is 4.39 Å². The summed E-state index contributed by atoms with van der Waals surface area (Å²) in [6.45, 7) is 1.47. The van der Waals surface area contributed by atoms with E-state index in [0.717, 1.165) is 12.1 Å². The topological polar surface area (TPSA) is 89.8 Å². The molecule has 1 aromatic carbocycles. The van der Waals surface area contributed by atoms with Crippen LogP contribution in [0.4, 0.5) is 4.39 Å². The minimum Gasteiger partial charge on any atom is -0.506 e. The minimum absolute atomic E-state index is 0.0499. The molecule has 19 heavy (non-hydrogen) atoms. The van der Waals surface area contributed by atoms with Gasteiger partial charge in [0.05, 0.1) is 11.1 Å². The van der Waals surface area contributed by atoms with Gasteiger partial charge in [-0.05, 0) is 18.6 Å². The van der Waals surface area contributed by atoms with E-state index in [0.29, 0.717) is 0 Å². The van der Waals surface area contributed by atoms with Crippen molar-refractivity contribution in [3.8, 4) is 5.75 Å². The predicted octanol–water partition coefficient (Wildman–Crippen LogP) is 1.11. The first kappa shape index (κ1) is 15.7. The minimum atomic E-state index is -1.50. The van der Waals surface area contributed by atoms with E-state index in [1.807, 2.05) is 0 Å². The van der Waals surface area contributed by atoms with Gasteiger partial charge in [-0.2, -0.15) is 0 Å². The molecule has 0 fully saturated rings. The Morgan fingerprint density at radius 2 is 2.11 bits per heavy atom. The van der Waals surface area contributed by atoms with Crippen LogP contribution in [0.5, 0.6) is 5.75 Å². The van der Waals surface area contributed by atoms with Crippen molar-refractivity contribution in [3.05, 3.63) is 28.5 Å². The molecule has 4 N–H and O–H groups in total. The number of halogens is 2.